The van der Waals surface area contributed by atoms with Gasteiger partial charge >= 0.3 is 12.3 Å². The predicted octanol–water partition coefficient (Wildman–Crippen LogP) is 3.07. The molecular formula is C22H27F3N4O4. The molecule has 0 atom stereocenters. The maximum absolute atomic E-state index is 12.7. The number of amides is 1. The first kappa shape index (κ1) is 24.6. The fraction of sp³-hybridized carbons (Fsp3) is 0.500. The number of carbonyl (C=O) groups is 1. The number of hydrogen-bond donors (Lipinski definition) is 1. The van der Waals surface area contributed by atoms with Gasteiger partial charge in [0.05, 0.1) is 18.4 Å². The van der Waals surface area contributed by atoms with Crippen LogP contribution in [-0.4, -0.2) is 62.3 Å². The Hall–Kier alpha value is -3.08. The first-order chi connectivity index (χ1) is 15.3. The number of piperazine rings is 1. The topological polar surface area (TPSA) is 87.9 Å². The minimum Gasteiger partial charge on any atom is -0.502 e. The van der Waals surface area contributed by atoms with E-state index in [0.29, 0.717) is 31.7 Å². The van der Waals surface area contributed by atoms with E-state index in [4.69, 9.17) is 4.74 Å². The second-order valence-electron chi connectivity index (χ2n) is 8.91. The van der Waals surface area contributed by atoms with Crippen LogP contribution >= 0.6 is 0 Å². The predicted molar refractivity (Wildman–Crippen MR) is 114 cm³/mol. The first-order valence-corrected chi connectivity index (χ1v) is 10.5. The zero-order chi connectivity index (χ0) is 24.4. The fourth-order valence-corrected chi connectivity index (χ4v) is 3.36. The second kappa shape index (κ2) is 9.42. The van der Waals surface area contributed by atoms with Crippen LogP contribution in [0.1, 0.15) is 37.6 Å². The van der Waals surface area contributed by atoms with Crippen molar-refractivity contribution in [1.29, 1.82) is 0 Å². The average Bonchev–Trinajstić information content (AvgIpc) is 2.72. The van der Waals surface area contributed by atoms with E-state index in [2.05, 4.69) is 4.98 Å². The van der Waals surface area contributed by atoms with Crippen LogP contribution in [0.2, 0.25) is 0 Å². The molecule has 0 aliphatic carbocycles. The Labute approximate surface area is 189 Å². The molecule has 3 rings (SSSR count). The molecule has 0 unspecified atom stereocenters. The van der Waals surface area contributed by atoms with Crippen molar-refractivity contribution in [3.8, 4) is 5.75 Å². The Balaban J connectivity index is 1.61. The van der Waals surface area contributed by atoms with Gasteiger partial charge in [0.1, 0.15) is 11.3 Å². The van der Waals surface area contributed by atoms with Gasteiger partial charge in [0.25, 0.3) is 5.56 Å². The molecule has 0 spiro atoms. The van der Waals surface area contributed by atoms with Crippen LogP contribution < -0.4 is 5.56 Å². The number of rotatable bonds is 4. The molecular weight excluding hydrogens is 441 g/mol. The minimum absolute atomic E-state index is 0.0215. The molecule has 1 saturated heterocycles. The van der Waals surface area contributed by atoms with Crippen LogP contribution in [0.3, 0.4) is 0 Å². The summed E-state index contributed by atoms with van der Waals surface area (Å²) in [4.78, 5) is 32.5. The molecule has 2 aromatic rings. The maximum Gasteiger partial charge on any atom is 0.416 e. The molecule has 0 radical (unpaired) electrons. The number of hydrogen-bond acceptors (Lipinski definition) is 6. The lowest BCUT2D eigenvalue weighted by Crippen LogP contribution is -2.49. The lowest BCUT2D eigenvalue weighted by atomic mass is 10.1. The van der Waals surface area contributed by atoms with Crippen LogP contribution in [0.4, 0.5) is 18.0 Å². The molecule has 1 aromatic heterocycles. The highest BCUT2D eigenvalue weighted by atomic mass is 19.4. The summed E-state index contributed by atoms with van der Waals surface area (Å²) in [5, 5.41) is 10.3. The van der Waals surface area contributed by atoms with E-state index < -0.39 is 28.6 Å². The smallest absolute Gasteiger partial charge is 0.416 e. The van der Waals surface area contributed by atoms with E-state index in [9.17, 15) is 27.9 Å². The quantitative estimate of drug-likeness (QED) is 0.742. The van der Waals surface area contributed by atoms with Crippen molar-refractivity contribution < 1.29 is 27.8 Å². The van der Waals surface area contributed by atoms with Crippen molar-refractivity contribution in [3.63, 3.8) is 0 Å². The third kappa shape index (κ3) is 6.47. The summed E-state index contributed by atoms with van der Waals surface area (Å²) in [5.41, 5.74) is -1.35. The van der Waals surface area contributed by atoms with Gasteiger partial charge in [0.2, 0.25) is 5.75 Å². The first-order valence-electron chi connectivity index (χ1n) is 10.5. The second-order valence-corrected chi connectivity index (χ2v) is 8.91. The fourth-order valence-electron chi connectivity index (χ4n) is 3.36. The molecule has 8 nitrogen and oxygen atoms in total. The Morgan fingerprint density at radius 2 is 1.67 bits per heavy atom. The molecule has 11 heteroatoms. The molecule has 1 aliphatic heterocycles. The molecule has 0 saturated carbocycles. The number of nitrogens with zero attached hydrogens (tertiary/aromatic N) is 4. The third-order valence-corrected chi connectivity index (χ3v) is 5.12. The lowest BCUT2D eigenvalue weighted by Gasteiger charge is -2.35. The molecule has 180 valence electrons. The highest BCUT2D eigenvalue weighted by molar-refractivity contribution is 5.68. The SMILES string of the molecule is CC(C)(C)OC(=O)N1CCN(Cc2ncn(Cc3ccc(C(F)(F)F)cc3)c(=O)c2O)CC1. The summed E-state index contributed by atoms with van der Waals surface area (Å²) in [5.74, 6) is -0.501. The third-order valence-electron chi connectivity index (χ3n) is 5.12. The number of carbonyl (C=O) groups excluding carboxylic acids is 1. The van der Waals surface area contributed by atoms with E-state index in [1.165, 1.54) is 18.5 Å². The van der Waals surface area contributed by atoms with Gasteiger partial charge in [-0.05, 0) is 38.5 Å². The summed E-state index contributed by atoms with van der Waals surface area (Å²) in [6.45, 7) is 7.54. The van der Waals surface area contributed by atoms with Crippen molar-refractivity contribution in [3.05, 3.63) is 57.8 Å². The Bertz CT molecular complexity index is 1040. The minimum atomic E-state index is -4.44. The summed E-state index contributed by atoms with van der Waals surface area (Å²) in [6, 6.07) is 4.45. The number of aromatic hydroxyl groups is 1. The van der Waals surface area contributed by atoms with E-state index in [0.717, 1.165) is 16.7 Å². The van der Waals surface area contributed by atoms with Crippen molar-refractivity contribution in [1.82, 2.24) is 19.4 Å². The van der Waals surface area contributed by atoms with Gasteiger partial charge in [-0.15, -0.1) is 0 Å². The standard InChI is InChI=1S/C22H27F3N4O4/c1-21(2,3)33-20(32)28-10-8-27(9-11-28)13-17-18(30)19(31)29(14-26-17)12-15-4-6-16(7-5-15)22(23,24)25/h4-7,14,30H,8-13H2,1-3H3. The van der Waals surface area contributed by atoms with Crippen LogP contribution in [-0.2, 0) is 24.0 Å². The molecule has 2 heterocycles. The highest BCUT2D eigenvalue weighted by Gasteiger charge is 2.30. The van der Waals surface area contributed by atoms with E-state index >= 15 is 0 Å². The van der Waals surface area contributed by atoms with Gasteiger partial charge < -0.3 is 14.7 Å². The van der Waals surface area contributed by atoms with E-state index in [1.807, 2.05) is 4.90 Å². The molecule has 1 aromatic carbocycles. The van der Waals surface area contributed by atoms with Gasteiger partial charge in [0, 0.05) is 32.7 Å². The van der Waals surface area contributed by atoms with Crippen LogP contribution in [0.5, 0.6) is 5.75 Å². The zero-order valence-corrected chi connectivity index (χ0v) is 18.7. The van der Waals surface area contributed by atoms with Gasteiger partial charge in [-0.1, -0.05) is 12.1 Å². The number of alkyl halides is 3. The number of halogens is 3. The molecule has 1 N–H and O–H groups in total. The van der Waals surface area contributed by atoms with Crippen LogP contribution in [0, 0.1) is 0 Å². The Morgan fingerprint density at radius 3 is 2.21 bits per heavy atom. The monoisotopic (exact) mass is 468 g/mol. The summed E-state index contributed by atoms with van der Waals surface area (Å²) in [7, 11) is 0. The number of ether oxygens (including phenoxy) is 1. The van der Waals surface area contributed by atoms with Gasteiger partial charge in [-0.3, -0.25) is 14.3 Å². The lowest BCUT2D eigenvalue weighted by molar-refractivity contribution is -0.137. The van der Waals surface area contributed by atoms with Crippen molar-refractivity contribution in [2.24, 2.45) is 0 Å². The Morgan fingerprint density at radius 1 is 1.06 bits per heavy atom. The molecule has 1 amide bonds. The average molecular weight is 468 g/mol. The summed E-state index contributed by atoms with van der Waals surface area (Å²) < 4.78 is 44.6. The van der Waals surface area contributed by atoms with Crippen LogP contribution in [0.15, 0.2) is 35.4 Å². The van der Waals surface area contributed by atoms with Crippen molar-refractivity contribution in [2.45, 2.75) is 45.6 Å². The number of aromatic nitrogens is 2. The maximum atomic E-state index is 12.7. The van der Waals surface area contributed by atoms with Gasteiger partial charge in [0.15, 0.2) is 0 Å². The largest absolute Gasteiger partial charge is 0.502 e. The number of benzene rings is 1. The van der Waals surface area contributed by atoms with E-state index in [-0.39, 0.29) is 24.9 Å². The summed E-state index contributed by atoms with van der Waals surface area (Å²) in [6.07, 6.45) is -3.55. The molecule has 1 fully saturated rings. The molecule has 1 aliphatic rings. The zero-order valence-electron chi connectivity index (χ0n) is 18.7. The molecule has 0 bridgehead atoms. The van der Waals surface area contributed by atoms with Crippen LogP contribution in [0.25, 0.3) is 0 Å². The molecule has 33 heavy (non-hydrogen) atoms. The Kier molecular flexibility index (Phi) is 7.01. The highest BCUT2D eigenvalue weighted by Crippen LogP contribution is 2.29. The van der Waals surface area contributed by atoms with Crippen molar-refractivity contribution >= 4 is 6.09 Å². The van der Waals surface area contributed by atoms with Gasteiger partial charge in [-0.25, -0.2) is 9.78 Å². The van der Waals surface area contributed by atoms with Crippen molar-refractivity contribution in [2.75, 3.05) is 26.2 Å². The summed E-state index contributed by atoms with van der Waals surface area (Å²) >= 11 is 0. The normalized spacial score (nSPS) is 15.5. The van der Waals surface area contributed by atoms with E-state index in [1.54, 1.807) is 25.7 Å². The van der Waals surface area contributed by atoms with Gasteiger partial charge in [-0.2, -0.15) is 13.2 Å².